The van der Waals surface area contributed by atoms with Crippen molar-refractivity contribution in [3.63, 3.8) is 0 Å². The lowest BCUT2D eigenvalue weighted by Gasteiger charge is -2.24. The van der Waals surface area contributed by atoms with Crippen molar-refractivity contribution in [2.75, 3.05) is 45.2 Å². The normalized spacial score (nSPS) is 14.6. The van der Waals surface area contributed by atoms with Crippen molar-refractivity contribution in [1.29, 1.82) is 0 Å². The highest BCUT2D eigenvalue weighted by atomic mass is 32.1. The van der Waals surface area contributed by atoms with Crippen LogP contribution in [0.2, 0.25) is 0 Å². The van der Waals surface area contributed by atoms with Crippen LogP contribution in [0.25, 0.3) is 0 Å². The molecule has 1 saturated heterocycles. The predicted octanol–water partition coefficient (Wildman–Crippen LogP) is 4.07. The molecule has 214 valence electrons. The van der Waals surface area contributed by atoms with E-state index in [9.17, 15) is 14.4 Å². The van der Waals surface area contributed by atoms with E-state index < -0.39 is 12.0 Å². The van der Waals surface area contributed by atoms with Gasteiger partial charge in [0.15, 0.2) is 16.6 Å². The summed E-state index contributed by atoms with van der Waals surface area (Å²) in [7, 11) is 6.00. The van der Waals surface area contributed by atoms with Crippen molar-refractivity contribution in [2.45, 2.75) is 18.9 Å². The number of amides is 2. The van der Waals surface area contributed by atoms with Crippen molar-refractivity contribution >= 4 is 46.5 Å². The van der Waals surface area contributed by atoms with E-state index in [1.54, 1.807) is 74.8 Å². The number of carbonyl (C=O) groups is 3. The average molecular weight is 578 g/mol. The molecular formula is C30H31N3O7S. The van der Waals surface area contributed by atoms with Crippen LogP contribution in [0.5, 0.6) is 17.2 Å². The van der Waals surface area contributed by atoms with Crippen LogP contribution in [0.15, 0.2) is 66.7 Å². The molecule has 0 aromatic heterocycles. The number of benzene rings is 3. The summed E-state index contributed by atoms with van der Waals surface area (Å²) in [4.78, 5) is 41.8. The Morgan fingerprint density at radius 2 is 1.56 bits per heavy atom. The number of hydrogen-bond donors (Lipinski definition) is 1. The molecular weight excluding hydrogens is 546 g/mol. The second-order valence-corrected chi connectivity index (χ2v) is 9.49. The lowest BCUT2D eigenvalue weighted by molar-refractivity contribution is -0.124. The van der Waals surface area contributed by atoms with E-state index in [0.29, 0.717) is 52.3 Å². The Kier molecular flexibility index (Phi) is 9.41. The summed E-state index contributed by atoms with van der Waals surface area (Å²) in [6.45, 7) is 0.387. The number of hydrogen-bond acceptors (Lipinski definition) is 8. The molecule has 1 N–H and O–H groups in total. The van der Waals surface area contributed by atoms with Gasteiger partial charge in [0, 0.05) is 12.2 Å². The minimum absolute atomic E-state index is 0.129. The maximum atomic E-state index is 13.7. The van der Waals surface area contributed by atoms with Gasteiger partial charge in [0.25, 0.3) is 5.91 Å². The van der Waals surface area contributed by atoms with E-state index in [0.717, 1.165) is 5.56 Å². The lowest BCUT2D eigenvalue weighted by atomic mass is 10.1. The van der Waals surface area contributed by atoms with Crippen LogP contribution in [0.1, 0.15) is 22.3 Å². The van der Waals surface area contributed by atoms with Crippen molar-refractivity contribution < 1.29 is 33.3 Å². The van der Waals surface area contributed by atoms with E-state index in [1.165, 1.54) is 12.0 Å². The molecule has 0 bridgehead atoms. The molecule has 0 spiro atoms. The maximum absolute atomic E-state index is 13.7. The topological polar surface area (TPSA) is 107 Å². The zero-order valence-electron chi connectivity index (χ0n) is 23.2. The van der Waals surface area contributed by atoms with E-state index >= 15 is 0 Å². The second-order valence-electron chi connectivity index (χ2n) is 9.12. The smallest absolute Gasteiger partial charge is 0.337 e. The number of esters is 1. The zero-order valence-corrected chi connectivity index (χ0v) is 24.0. The highest BCUT2D eigenvalue weighted by molar-refractivity contribution is 7.80. The molecule has 41 heavy (non-hydrogen) atoms. The first-order chi connectivity index (χ1) is 19.8. The van der Waals surface area contributed by atoms with Gasteiger partial charge in [0.2, 0.25) is 5.91 Å². The Hall–Kier alpha value is -4.64. The molecule has 0 aliphatic carbocycles. The molecule has 3 aromatic carbocycles. The molecule has 2 amide bonds. The summed E-state index contributed by atoms with van der Waals surface area (Å²) < 4.78 is 20.7. The Labute approximate surface area is 243 Å². The highest BCUT2D eigenvalue weighted by Crippen LogP contribution is 2.31. The van der Waals surface area contributed by atoms with Gasteiger partial charge in [-0.25, -0.2) is 4.79 Å². The number of nitrogens with zero attached hydrogens (tertiary/aromatic N) is 2. The van der Waals surface area contributed by atoms with Crippen LogP contribution in [-0.2, 0) is 20.7 Å². The van der Waals surface area contributed by atoms with Gasteiger partial charge in [0.05, 0.1) is 46.1 Å². The number of carbonyl (C=O) groups excluding carboxylic acids is 3. The number of ether oxygens (including phenoxy) is 4. The van der Waals surface area contributed by atoms with Crippen molar-refractivity contribution in [1.82, 2.24) is 4.90 Å². The van der Waals surface area contributed by atoms with Crippen LogP contribution in [0, 0.1) is 0 Å². The molecule has 1 unspecified atom stereocenters. The quantitative estimate of drug-likeness (QED) is 0.267. The first-order valence-corrected chi connectivity index (χ1v) is 13.2. The van der Waals surface area contributed by atoms with Crippen LogP contribution in [0.4, 0.5) is 11.4 Å². The number of rotatable bonds is 11. The van der Waals surface area contributed by atoms with E-state index in [1.807, 2.05) is 18.2 Å². The minimum atomic E-state index is -0.820. The fourth-order valence-electron chi connectivity index (χ4n) is 4.54. The first kappa shape index (κ1) is 29.3. The molecule has 11 heteroatoms. The number of thiocarbonyl (C=S) groups is 1. The SMILES string of the molecule is COC(=O)c1ccc(NC(=O)CC2C(=O)N(c3ccc(OC)cc3)C(=S)N2CCc2ccc(OC)c(OC)c2)cc1. The van der Waals surface area contributed by atoms with E-state index in [4.69, 9.17) is 31.2 Å². The third kappa shape index (κ3) is 6.58. The Balaban J connectivity index is 1.55. The summed E-state index contributed by atoms with van der Waals surface area (Å²) in [5.74, 6) is 0.706. The molecule has 1 atom stereocenters. The fraction of sp³-hybridized carbons (Fsp3) is 0.267. The van der Waals surface area contributed by atoms with Gasteiger partial charge in [-0.3, -0.25) is 14.5 Å². The zero-order chi connectivity index (χ0) is 29.5. The molecule has 1 aliphatic heterocycles. The largest absolute Gasteiger partial charge is 0.497 e. The summed E-state index contributed by atoms with van der Waals surface area (Å²) in [5, 5.41) is 3.11. The van der Waals surface area contributed by atoms with Gasteiger partial charge in [-0.2, -0.15) is 0 Å². The van der Waals surface area contributed by atoms with Gasteiger partial charge < -0.3 is 29.2 Å². The molecule has 10 nitrogen and oxygen atoms in total. The van der Waals surface area contributed by atoms with Crippen LogP contribution in [0.3, 0.4) is 0 Å². The van der Waals surface area contributed by atoms with Crippen LogP contribution in [-0.4, -0.2) is 68.8 Å². The molecule has 4 rings (SSSR count). The van der Waals surface area contributed by atoms with Gasteiger partial charge in [-0.1, -0.05) is 6.07 Å². The monoisotopic (exact) mass is 577 g/mol. The van der Waals surface area contributed by atoms with Crippen LogP contribution < -0.4 is 24.4 Å². The molecule has 1 fully saturated rings. The molecule has 0 saturated carbocycles. The summed E-state index contributed by atoms with van der Waals surface area (Å²) in [5.41, 5.74) is 2.38. The van der Waals surface area contributed by atoms with Gasteiger partial charge in [-0.05, 0) is 84.9 Å². The Bertz CT molecular complexity index is 1430. The summed E-state index contributed by atoms with van der Waals surface area (Å²) in [6, 6.07) is 18.1. The van der Waals surface area contributed by atoms with Gasteiger partial charge in [0.1, 0.15) is 11.8 Å². The third-order valence-electron chi connectivity index (χ3n) is 6.71. The number of methoxy groups -OCH3 is 4. The third-order valence-corrected chi connectivity index (χ3v) is 7.12. The first-order valence-electron chi connectivity index (χ1n) is 12.8. The Morgan fingerprint density at radius 3 is 2.17 bits per heavy atom. The van der Waals surface area contributed by atoms with Gasteiger partial charge in [-0.15, -0.1) is 0 Å². The highest BCUT2D eigenvalue weighted by Gasteiger charge is 2.44. The standard InChI is InChI=1S/C30H31N3O7S/c1-37-23-12-10-22(11-13-23)33-28(35)24(18-27(34)31-21-8-6-20(7-9-21)29(36)40-4)32(30(33)41)16-15-19-5-14-25(38-2)26(17-19)39-3/h5-14,17,24H,15-16,18H2,1-4H3,(H,31,34). The molecule has 1 heterocycles. The average Bonchev–Trinajstić information content (AvgIpc) is 3.23. The van der Waals surface area contributed by atoms with E-state index in [-0.39, 0.29) is 18.2 Å². The number of anilines is 2. The van der Waals surface area contributed by atoms with E-state index in [2.05, 4.69) is 5.32 Å². The van der Waals surface area contributed by atoms with Crippen LogP contribution >= 0.6 is 12.2 Å². The summed E-state index contributed by atoms with van der Waals surface area (Å²) in [6.07, 6.45) is 0.410. The number of nitrogens with one attached hydrogen (secondary N) is 1. The predicted molar refractivity (Wildman–Crippen MR) is 158 cm³/mol. The lowest BCUT2D eigenvalue weighted by Crippen LogP contribution is -2.39. The Morgan fingerprint density at radius 1 is 0.878 bits per heavy atom. The molecule has 1 aliphatic rings. The van der Waals surface area contributed by atoms with Gasteiger partial charge >= 0.3 is 5.97 Å². The molecule has 3 aromatic rings. The second kappa shape index (κ2) is 13.1. The fourth-order valence-corrected chi connectivity index (χ4v) is 4.95. The van der Waals surface area contributed by atoms with Crippen molar-refractivity contribution in [3.8, 4) is 17.2 Å². The minimum Gasteiger partial charge on any atom is -0.497 e. The maximum Gasteiger partial charge on any atom is 0.337 e. The van der Waals surface area contributed by atoms with Crippen molar-refractivity contribution in [2.24, 2.45) is 0 Å². The molecule has 0 radical (unpaired) electrons. The van der Waals surface area contributed by atoms with Crippen molar-refractivity contribution in [3.05, 3.63) is 77.9 Å². The summed E-state index contributed by atoms with van der Waals surface area (Å²) >= 11 is 5.78.